The highest BCUT2D eigenvalue weighted by molar-refractivity contribution is 5.82. The molecule has 0 aromatic carbocycles. The number of carbonyl (C=O) groups is 2. The molecule has 1 atom stereocenters. The summed E-state index contributed by atoms with van der Waals surface area (Å²) >= 11 is 0. The minimum Gasteiger partial charge on any atom is -0.425 e. The first-order valence-corrected chi connectivity index (χ1v) is 5.28. The van der Waals surface area contributed by atoms with Crippen molar-refractivity contribution < 1.29 is 19.1 Å². The van der Waals surface area contributed by atoms with Crippen LogP contribution < -0.4 is 0 Å². The van der Waals surface area contributed by atoms with E-state index in [1.165, 1.54) is 13.0 Å². The second-order valence-corrected chi connectivity index (χ2v) is 3.08. The molecule has 0 spiro atoms. The Morgan fingerprint density at radius 3 is 2.50 bits per heavy atom. The van der Waals surface area contributed by atoms with Gasteiger partial charge < -0.3 is 9.47 Å². The van der Waals surface area contributed by atoms with Crippen molar-refractivity contribution >= 4 is 11.9 Å². The standard InChI is InChI=1S/C12H18O4/c1-4-6-8-11(13)15-10(3)16-12(14)9-7-5-2/h4,6-7,9-10H,5,8H2,1-3H3/b6-4+,9-7+. The van der Waals surface area contributed by atoms with Gasteiger partial charge in [0, 0.05) is 13.0 Å². The number of esters is 2. The van der Waals surface area contributed by atoms with Crippen molar-refractivity contribution in [3.63, 3.8) is 0 Å². The molecule has 0 radical (unpaired) electrons. The molecule has 0 aliphatic heterocycles. The van der Waals surface area contributed by atoms with Crippen LogP contribution in [-0.4, -0.2) is 18.2 Å². The third-order valence-electron chi connectivity index (χ3n) is 1.59. The molecule has 16 heavy (non-hydrogen) atoms. The third-order valence-corrected chi connectivity index (χ3v) is 1.59. The first-order chi connectivity index (χ1) is 7.60. The lowest BCUT2D eigenvalue weighted by Gasteiger charge is -2.12. The molecular weight excluding hydrogens is 208 g/mol. The van der Waals surface area contributed by atoms with Crippen LogP contribution in [0.1, 0.15) is 33.6 Å². The van der Waals surface area contributed by atoms with E-state index < -0.39 is 18.2 Å². The number of hydrogen-bond donors (Lipinski definition) is 0. The second-order valence-electron chi connectivity index (χ2n) is 3.08. The maximum atomic E-state index is 11.1. The smallest absolute Gasteiger partial charge is 0.333 e. The first kappa shape index (κ1) is 14.4. The van der Waals surface area contributed by atoms with Crippen LogP contribution in [0.2, 0.25) is 0 Å². The molecule has 0 fully saturated rings. The fourth-order valence-electron chi connectivity index (χ4n) is 0.888. The van der Waals surface area contributed by atoms with Crippen LogP contribution in [0.25, 0.3) is 0 Å². The monoisotopic (exact) mass is 226 g/mol. The molecule has 4 heteroatoms. The Labute approximate surface area is 95.9 Å². The summed E-state index contributed by atoms with van der Waals surface area (Å²) in [6.45, 7) is 5.22. The van der Waals surface area contributed by atoms with Crippen LogP contribution >= 0.6 is 0 Å². The van der Waals surface area contributed by atoms with E-state index in [0.29, 0.717) is 0 Å². The van der Waals surface area contributed by atoms with Crippen molar-refractivity contribution in [2.24, 2.45) is 0 Å². The van der Waals surface area contributed by atoms with E-state index in [4.69, 9.17) is 9.47 Å². The first-order valence-electron chi connectivity index (χ1n) is 5.28. The Kier molecular flexibility index (Phi) is 7.85. The number of allylic oxidation sites excluding steroid dienone is 2. The lowest BCUT2D eigenvalue weighted by Crippen LogP contribution is -2.20. The summed E-state index contributed by atoms with van der Waals surface area (Å²) in [6, 6.07) is 0. The highest BCUT2D eigenvalue weighted by Gasteiger charge is 2.10. The van der Waals surface area contributed by atoms with E-state index in [9.17, 15) is 9.59 Å². The van der Waals surface area contributed by atoms with E-state index >= 15 is 0 Å². The average Bonchev–Trinajstić information content (AvgIpc) is 2.23. The highest BCUT2D eigenvalue weighted by atomic mass is 16.7. The summed E-state index contributed by atoms with van der Waals surface area (Å²) < 4.78 is 9.65. The van der Waals surface area contributed by atoms with Gasteiger partial charge in [-0.25, -0.2) is 4.79 Å². The lowest BCUT2D eigenvalue weighted by atomic mass is 10.4. The van der Waals surface area contributed by atoms with E-state index in [1.807, 2.05) is 13.8 Å². The molecule has 0 rings (SSSR count). The molecule has 4 nitrogen and oxygen atoms in total. The molecule has 0 aromatic rings. The van der Waals surface area contributed by atoms with Gasteiger partial charge in [0.1, 0.15) is 0 Å². The normalized spacial score (nSPS) is 12.9. The predicted octanol–water partition coefficient (Wildman–Crippen LogP) is 2.35. The van der Waals surface area contributed by atoms with Gasteiger partial charge in [0.2, 0.25) is 6.29 Å². The van der Waals surface area contributed by atoms with E-state index in [-0.39, 0.29) is 6.42 Å². The van der Waals surface area contributed by atoms with Gasteiger partial charge in [0.05, 0.1) is 6.42 Å². The van der Waals surface area contributed by atoms with Gasteiger partial charge in [-0.3, -0.25) is 4.79 Å². The summed E-state index contributed by atoms with van der Waals surface area (Å²) in [4.78, 5) is 22.2. The van der Waals surface area contributed by atoms with Crippen molar-refractivity contribution in [2.75, 3.05) is 0 Å². The molecular formula is C12H18O4. The van der Waals surface area contributed by atoms with Gasteiger partial charge in [-0.15, -0.1) is 0 Å². The summed E-state index contributed by atoms with van der Waals surface area (Å²) in [5.41, 5.74) is 0. The van der Waals surface area contributed by atoms with Gasteiger partial charge in [-0.05, 0) is 13.3 Å². The fourth-order valence-corrected chi connectivity index (χ4v) is 0.888. The Bertz CT molecular complexity index is 279. The molecule has 1 unspecified atom stereocenters. The molecule has 0 bridgehead atoms. The molecule has 0 amide bonds. The molecule has 0 aliphatic carbocycles. The van der Waals surface area contributed by atoms with Crippen molar-refractivity contribution in [2.45, 2.75) is 39.9 Å². The molecule has 0 aromatic heterocycles. The van der Waals surface area contributed by atoms with Gasteiger partial charge in [-0.2, -0.15) is 0 Å². The average molecular weight is 226 g/mol. The van der Waals surface area contributed by atoms with Crippen LogP contribution in [0.15, 0.2) is 24.3 Å². The highest BCUT2D eigenvalue weighted by Crippen LogP contribution is 1.99. The van der Waals surface area contributed by atoms with Crippen LogP contribution in [0.5, 0.6) is 0 Å². The predicted molar refractivity (Wildman–Crippen MR) is 60.5 cm³/mol. The molecule has 0 N–H and O–H groups in total. The number of rotatable bonds is 6. The summed E-state index contributed by atoms with van der Waals surface area (Å²) in [7, 11) is 0. The van der Waals surface area contributed by atoms with Crippen molar-refractivity contribution in [3.8, 4) is 0 Å². The van der Waals surface area contributed by atoms with Crippen LogP contribution in [-0.2, 0) is 19.1 Å². The quantitative estimate of drug-likeness (QED) is 0.302. The zero-order valence-electron chi connectivity index (χ0n) is 9.93. The number of ether oxygens (including phenoxy) is 2. The second kappa shape index (κ2) is 8.71. The van der Waals surface area contributed by atoms with Gasteiger partial charge >= 0.3 is 11.9 Å². The maximum Gasteiger partial charge on any atom is 0.333 e. The Hall–Kier alpha value is -1.58. The number of carbonyl (C=O) groups excluding carboxylic acids is 2. The molecule has 0 saturated heterocycles. The van der Waals surface area contributed by atoms with Crippen molar-refractivity contribution in [1.29, 1.82) is 0 Å². The zero-order chi connectivity index (χ0) is 12.4. The van der Waals surface area contributed by atoms with Crippen LogP contribution in [0.3, 0.4) is 0 Å². The Morgan fingerprint density at radius 2 is 1.94 bits per heavy atom. The Morgan fingerprint density at radius 1 is 1.25 bits per heavy atom. The molecule has 0 saturated carbocycles. The van der Waals surface area contributed by atoms with E-state index in [2.05, 4.69) is 0 Å². The van der Waals surface area contributed by atoms with Gasteiger partial charge in [-0.1, -0.05) is 25.2 Å². The largest absolute Gasteiger partial charge is 0.425 e. The zero-order valence-corrected chi connectivity index (χ0v) is 9.93. The minimum absolute atomic E-state index is 0.184. The summed E-state index contributed by atoms with van der Waals surface area (Å²) in [6.07, 6.45) is 6.50. The van der Waals surface area contributed by atoms with Crippen LogP contribution in [0.4, 0.5) is 0 Å². The maximum absolute atomic E-state index is 11.1. The SMILES string of the molecule is C/C=C/CC(=O)OC(C)OC(=O)/C=C/CC. The van der Waals surface area contributed by atoms with E-state index in [1.54, 1.807) is 18.2 Å². The summed E-state index contributed by atoms with van der Waals surface area (Å²) in [5, 5.41) is 0. The third kappa shape index (κ3) is 7.79. The van der Waals surface area contributed by atoms with E-state index in [0.717, 1.165) is 6.42 Å². The summed E-state index contributed by atoms with van der Waals surface area (Å²) in [5.74, 6) is -0.925. The topological polar surface area (TPSA) is 52.6 Å². The molecule has 90 valence electrons. The number of hydrogen-bond acceptors (Lipinski definition) is 4. The lowest BCUT2D eigenvalue weighted by molar-refractivity contribution is -0.180. The molecule has 0 heterocycles. The van der Waals surface area contributed by atoms with Gasteiger partial charge in [0.15, 0.2) is 0 Å². The fraction of sp³-hybridized carbons (Fsp3) is 0.500. The van der Waals surface area contributed by atoms with Crippen LogP contribution in [0, 0.1) is 0 Å². The van der Waals surface area contributed by atoms with Crippen molar-refractivity contribution in [1.82, 2.24) is 0 Å². The minimum atomic E-state index is -0.855. The Balaban J connectivity index is 3.89. The van der Waals surface area contributed by atoms with Crippen molar-refractivity contribution in [3.05, 3.63) is 24.3 Å². The van der Waals surface area contributed by atoms with Gasteiger partial charge in [0.25, 0.3) is 0 Å². The molecule has 0 aliphatic rings.